The van der Waals surface area contributed by atoms with Gasteiger partial charge in [-0.1, -0.05) is 0 Å². The number of hydrogen-bond acceptors (Lipinski definition) is 8. The largest absolute Gasteiger partial charge is 0.493 e. The van der Waals surface area contributed by atoms with Crippen LogP contribution < -0.4 is 29.0 Å². The van der Waals surface area contributed by atoms with Gasteiger partial charge >= 0.3 is 0 Å². The SMILES string of the molecule is COc1cc2cc3ncc(C#N)c(Nc4cc(OC)c(OC)c(OC)c4)c3cc2cc1OCCCl. The van der Waals surface area contributed by atoms with Gasteiger partial charge in [0.05, 0.1) is 51.1 Å². The highest BCUT2D eigenvalue weighted by Gasteiger charge is 2.17. The summed E-state index contributed by atoms with van der Waals surface area (Å²) < 4.78 is 27.6. The van der Waals surface area contributed by atoms with Gasteiger partial charge < -0.3 is 29.0 Å². The summed E-state index contributed by atoms with van der Waals surface area (Å²) in [6.07, 6.45) is 1.55. The Kier molecular flexibility index (Phi) is 7.18. The summed E-state index contributed by atoms with van der Waals surface area (Å²) in [6.45, 7) is 0.352. The fourth-order valence-electron chi connectivity index (χ4n) is 3.88. The van der Waals surface area contributed by atoms with Crippen LogP contribution in [0.25, 0.3) is 21.7 Å². The molecule has 0 fully saturated rings. The van der Waals surface area contributed by atoms with Crippen molar-refractivity contribution in [3.8, 4) is 34.8 Å². The normalized spacial score (nSPS) is 10.6. The van der Waals surface area contributed by atoms with E-state index < -0.39 is 0 Å². The number of anilines is 2. The highest BCUT2D eigenvalue weighted by Crippen LogP contribution is 2.42. The van der Waals surface area contributed by atoms with Gasteiger partial charge in [0.2, 0.25) is 5.75 Å². The maximum absolute atomic E-state index is 9.81. The van der Waals surface area contributed by atoms with Crippen LogP contribution in [0.3, 0.4) is 0 Å². The van der Waals surface area contributed by atoms with E-state index in [1.54, 1.807) is 46.8 Å². The van der Waals surface area contributed by atoms with E-state index in [0.29, 0.717) is 63.7 Å². The van der Waals surface area contributed by atoms with Crippen molar-refractivity contribution in [2.75, 3.05) is 46.2 Å². The van der Waals surface area contributed by atoms with E-state index >= 15 is 0 Å². The van der Waals surface area contributed by atoms with Gasteiger partial charge in [-0.15, -0.1) is 11.6 Å². The van der Waals surface area contributed by atoms with Gasteiger partial charge in [0.1, 0.15) is 12.7 Å². The molecule has 1 N–H and O–H groups in total. The van der Waals surface area contributed by atoms with E-state index in [-0.39, 0.29) is 0 Å². The first-order valence-electron chi connectivity index (χ1n) is 10.7. The zero-order chi connectivity index (χ0) is 24.9. The number of alkyl halides is 1. The maximum Gasteiger partial charge on any atom is 0.203 e. The number of nitriles is 1. The molecule has 3 aromatic carbocycles. The molecule has 1 aromatic heterocycles. The smallest absolute Gasteiger partial charge is 0.203 e. The predicted octanol–water partition coefficient (Wildman–Crippen LogP) is 5.66. The highest BCUT2D eigenvalue weighted by atomic mass is 35.5. The molecule has 0 saturated carbocycles. The van der Waals surface area contributed by atoms with Crippen LogP contribution in [0, 0.1) is 11.3 Å². The number of nitrogens with zero attached hydrogens (tertiary/aromatic N) is 2. The second-order valence-corrected chi connectivity index (χ2v) is 7.83. The molecule has 0 unspecified atom stereocenters. The van der Waals surface area contributed by atoms with E-state index in [4.69, 9.17) is 35.3 Å². The summed E-state index contributed by atoms with van der Waals surface area (Å²) in [5, 5.41) is 15.7. The zero-order valence-electron chi connectivity index (χ0n) is 19.8. The lowest BCUT2D eigenvalue weighted by atomic mass is 10.0. The highest BCUT2D eigenvalue weighted by molar-refractivity contribution is 6.18. The number of benzene rings is 3. The molecule has 0 saturated heterocycles. The number of fused-ring (bicyclic) bond motifs is 2. The minimum absolute atomic E-state index is 0.352. The molecule has 0 aliphatic carbocycles. The molecule has 0 amide bonds. The average Bonchev–Trinajstić information content (AvgIpc) is 2.89. The Hall–Kier alpha value is -4.09. The zero-order valence-corrected chi connectivity index (χ0v) is 20.5. The minimum atomic E-state index is 0.352. The molecule has 1 heterocycles. The third kappa shape index (κ3) is 4.63. The van der Waals surface area contributed by atoms with Crippen LogP contribution in [0.1, 0.15) is 5.56 Å². The van der Waals surface area contributed by atoms with E-state index in [2.05, 4.69) is 16.4 Å². The second kappa shape index (κ2) is 10.5. The average molecular weight is 494 g/mol. The van der Waals surface area contributed by atoms with Crippen molar-refractivity contribution < 1.29 is 23.7 Å². The molecule has 35 heavy (non-hydrogen) atoms. The predicted molar refractivity (Wildman–Crippen MR) is 136 cm³/mol. The third-order valence-corrected chi connectivity index (χ3v) is 5.65. The second-order valence-electron chi connectivity index (χ2n) is 7.45. The first-order valence-corrected chi connectivity index (χ1v) is 11.2. The van der Waals surface area contributed by atoms with Crippen LogP contribution in [0.15, 0.2) is 42.6 Å². The van der Waals surface area contributed by atoms with Crippen molar-refractivity contribution in [3.63, 3.8) is 0 Å². The Labute approximate surface area is 207 Å². The van der Waals surface area contributed by atoms with Crippen LogP contribution in [0.5, 0.6) is 28.7 Å². The van der Waals surface area contributed by atoms with E-state index in [1.807, 2.05) is 24.3 Å². The van der Waals surface area contributed by atoms with Crippen LogP contribution in [-0.4, -0.2) is 45.9 Å². The van der Waals surface area contributed by atoms with Crippen molar-refractivity contribution in [1.29, 1.82) is 5.26 Å². The summed E-state index contributed by atoms with van der Waals surface area (Å²) in [6, 6.07) is 13.5. The Morgan fingerprint density at radius 2 is 1.51 bits per heavy atom. The monoisotopic (exact) mass is 493 g/mol. The lowest BCUT2D eigenvalue weighted by Crippen LogP contribution is -2.01. The number of ether oxygens (including phenoxy) is 5. The van der Waals surface area contributed by atoms with Crippen molar-refractivity contribution >= 4 is 44.7 Å². The first-order chi connectivity index (χ1) is 17.1. The lowest BCUT2D eigenvalue weighted by molar-refractivity contribution is 0.313. The topological polar surface area (TPSA) is 94.9 Å². The molecule has 4 aromatic rings. The van der Waals surface area contributed by atoms with Crippen LogP contribution in [0.2, 0.25) is 0 Å². The van der Waals surface area contributed by atoms with Gasteiger partial charge in [0.25, 0.3) is 0 Å². The summed E-state index contributed by atoms with van der Waals surface area (Å²) >= 11 is 5.80. The number of methoxy groups -OCH3 is 4. The summed E-state index contributed by atoms with van der Waals surface area (Å²) in [7, 11) is 6.23. The van der Waals surface area contributed by atoms with E-state index in [0.717, 1.165) is 16.2 Å². The number of hydrogen-bond donors (Lipinski definition) is 1. The lowest BCUT2D eigenvalue weighted by Gasteiger charge is -2.17. The maximum atomic E-state index is 9.81. The molecule has 4 rings (SSSR count). The molecule has 9 heteroatoms. The minimum Gasteiger partial charge on any atom is -0.493 e. The van der Waals surface area contributed by atoms with Gasteiger partial charge in [0, 0.05) is 29.4 Å². The molecule has 0 radical (unpaired) electrons. The number of nitrogens with one attached hydrogen (secondary N) is 1. The number of aromatic nitrogens is 1. The van der Waals surface area contributed by atoms with Crippen LogP contribution in [0.4, 0.5) is 11.4 Å². The molecule has 0 atom stereocenters. The Balaban J connectivity index is 1.90. The third-order valence-electron chi connectivity index (χ3n) is 5.50. The quantitative estimate of drug-likeness (QED) is 0.236. The summed E-state index contributed by atoms with van der Waals surface area (Å²) in [5.41, 5.74) is 2.36. The number of pyridine rings is 1. The van der Waals surface area contributed by atoms with Gasteiger partial charge in [0.15, 0.2) is 23.0 Å². The molecule has 0 aliphatic heterocycles. The summed E-state index contributed by atoms with van der Waals surface area (Å²) in [4.78, 5) is 4.51. The molecular weight excluding hydrogens is 470 g/mol. The Bertz CT molecular complexity index is 1410. The first kappa shape index (κ1) is 24.0. The molecule has 0 aliphatic rings. The van der Waals surface area contributed by atoms with Crippen molar-refractivity contribution in [2.24, 2.45) is 0 Å². The molecule has 180 valence electrons. The van der Waals surface area contributed by atoms with Crippen molar-refractivity contribution in [3.05, 3.63) is 48.2 Å². The number of halogens is 1. The molecule has 8 nitrogen and oxygen atoms in total. The standard InChI is InChI=1S/C26H24ClN3O5/c1-31-21-9-16-8-20-19(7-15(16)10-22(21)35-6-5-27)25(17(13-28)14-29-20)30-18-11-23(32-2)26(34-4)24(12-18)33-3/h7-12,14H,5-6H2,1-4H3,(H,29,30). The van der Waals surface area contributed by atoms with E-state index in [1.165, 1.54) is 0 Å². The van der Waals surface area contributed by atoms with Gasteiger partial charge in [-0.2, -0.15) is 5.26 Å². The van der Waals surface area contributed by atoms with Crippen molar-refractivity contribution in [2.45, 2.75) is 0 Å². The summed E-state index contributed by atoms with van der Waals surface area (Å²) in [5.74, 6) is 3.01. The Morgan fingerprint density at radius 3 is 2.11 bits per heavy atom. The fraction of sp³-hybridized carbons (Fsp3) is 0.231. The van der Waals surface area contributed by atoms with Crippen LogP contribution in [-0.2, 0) is 0 Å². The number of rotatable bonds is 9. The fourth-order valence-corrected chi connectivity index (χ4v) is 3.96. The molecular formula is C26H24ClN3O5. The van der Waals surface area contributed by atoms with Gasteiger partial charge in [-0.3, -0.25) is 4.98 Å². The molecule has 0 spiro atoms. The van der Waals surface area contributed by atoms with Gasteiger partial charge in [-0.05, 0) is 35.0 Å². The van der Waals surface area contributed by atoms with Crippen LogP contribution >= 0.6 is 11.6 Å². The van der Waals surface area contributed by atoms with Crippen molar-refractivity contribution in [1.82, 2.24) is 4.98 Å². The molecule has 0 bridgehead atoms. The van der Waals surface area contributed by atoms with E-state index in [9.17, 15) is 5.26 Å². The Morgan fingerprint density at radius 1 is 0.857 bits per heavy atom. The van der Waals surface area contributed by atoms with Gasteiger partial charge in [-0.25, -0.2) is 0 Å².